The summed E-state index contributed by atoms with van der Waals surface area (Å²) in [6.45, 7) is 0. The van der Waals surface area contributed by atoms with Crippen molar-refractivity contribution in [2.75, 3.05) is 0 Å². The van der Waals surface area contributed by atoms with Crippen LogP contribution in [0.3, 0.4) is 0 Å². The Morgan fingerprint density at radius 3 is 1.23 bits per heavy atom. The van der Waals surface area contributed by atoms with Crippen LogP contribution in [0.4, 0.5) is 17.6 Å². The lowest BCUT2D eigenvalue weighted by atomic mass is 9.97. The molecule has 0 bridgehead atoms. The molecule has 2 nitrogen and oxygen atoms in total. The largest absolute Gasteiger partial charge is 0.249 e. The van der Waals surface area contributed by atoms with E-state index in [2.05, 4.69) is 9.97 Å². The summed E-state index contributed by atoms with van der Waals surface area (Å²) in [4.78, 5) is 9.12. The molecule has 132 valence electrons. The lowest BCUT2D eigenvalue weighted by molar-refractivity contribution is 0.582. The predicted molar refractivity (Wildman–Crippen MR) is 89.4 cm³/mol. The summed E-state index contributed by atoms with van der Waals surface area (Å²) in [6.07, 6.45) is 3.33. The van der Waals surface area contributed by atoms with Gasteiger partial charge in [0, 0.05) is 23.3 Å². The van der Waals surface area contributed by atoms with E-state index in [4.69, 9.17) is 0 Å². The van der Waals surface area contributed by atoms with Crippen LogP contribution in [-0.2, 0) is 12.8 Å². The maximum Gasteiger partial charge on any atom is 0.126 e. The Kier molecular flexibility index (Phi) is 4.18. The topological polar surface area (TPSA) is 25.8 Å². The number of aromatic nitrogens is 2. The van der Waals surface area contributed by atoms with Crippen molar-refractivity contribution in [2.24, 2.45) is 0 Å². The minimum absolute atomic E-state index is 0.183. The molecule has 1 aromatic heterocycles. The van der Waals surface area contributed by atoms with Gasteiger partial charge in [0.05, 0.1) is 22.8 Å². The molecule has 0 aliphatic heterocycles. The Bertz CT molecular complexity index is 880. The Morgan fingerprint density at radius 1 is 0.538 bits per heavy atom. The molecule has 4 rings (SSSR count). The van der Waals surface area contributed by atoms with Crippen molar-refractivity contribution in [2.45, 2.75) is 25.7 Å². The van der Waals surface area contributed by atoms with Gasteiger partial charge in [-0.25, -0.2) is 27.5 Å². The first-order valence-electron chi connectivity index (χ1n) is 8.32. The van der Waals surface area contributed by atoms with E-state index < -0.39 is 23.3 Å². The monoisotopic (exact) mass is 358 g/mol. The highest BCUT2D eigenvalue weighted by atomic mass is 19.1. The standard InChI is InChI=1S/C20H14F4N2/c21-13-5-11(6-14(22)9-13)19-20(12-7-15(23)10-16(24)8-12)26-18-4-2-1-3-17(18)25-19/h5-10H,1-4H2. The van der Waals surface area contributed by atoms with Gasteiger partial charge in [0.25, 0.3) is 0 Å². The van der Waals surface area contributed by atoms with E-state index >= 15 is 0 Å². The number of rotatable bonds is 2. The van der Waals surface area contributed by atoms with Crippen LogP contribution >= 0.6 is 0 Å². The molecule has 0 atom stereocenters. The third-order valence-electron chi connectivity index (χ3n) is 4.40. The Labute approximate surface area is 147 Å². The molecule has 0 saturated heterocycles. The fourth-order valence-corrected chi connectivity index (χ4v) is 3.27. The molecule has 1 aliphatic rings. The number of nitrogens with zero attached hydrogens (tertiary/aromatic N) is 2. The van der Waals surface area contributed by atoms with Crippen molar-refractivity contribution in [3.8, 4) is 22.5 Å². The summed E-state index contributed by atoms with van der Waals surface area (Å²) < 4.78 is 54.8. The highest BCUT2D eigenvalue weighted by Gasteiger charge is 2.20. The molecular formula is C20H14F4N2. The van der Waals surface area contributed by atoms with E-state index in [1.165, 1.54) is 0 Å². The summed E-state index contributed by atoms with van der Waals surface area (Å²) in [5, 5.41) is 0. The highest BCUT2D eigenvalue weighted by molar-refractivity contribution is 5.78. The van der Waals surface area contributed by atoms with Gasteiger partial charge in [0.1, 0.15) is 23.3 Å². The third kappa shape index (κ3) is 3.19. The van der Waals surface area contributed by atoms with Crippen LogP contribution in [0.1, 0.15) is 24.2 Å². The van der Waals surface area contributed by atoms with Gasteiger partial charge in [0.2, 0.25) is 0 Å². The second-order valence-corrected chi connectivity index (χ2v) is 6.34. The molecule has 0 amide bonds. The van der Waals surface area contributed by atoms with E-state index in [1.807, 2.05) is 0 Å². The number of halogens is 4. The Hall–Kier alpha value is -2.76. The van der Waals surface area contributed by atoms with Crippen LogP contribution in [-0.4, -0.2) is 9.97 Å². The normalized spacial score (nSPS) is 13.5. The zero-order valence-electron chi connectivity index (χ0n) is 13.7. The average Bonchev–Trinajstić information content (AvgIpc) is 2.59. The van der Waals surface area contributed by atoms with Crippen LogP contribution in [0.2, 0.25) is 0 Å². The summed E-state index contributed by atoms with van der Waals surface area (Å²) in [5.41, 5.74) is 2.32. The molecule has 6 heteroatoms. The zero-order valence-corrected chi connectivity index (χ0v) is 13.7. The first-order chi connectivity index (χ1) is 12.5. The van der Waals surface area contributed by atoms with Crippen molar-refractivity contribution >= 4 is 0 Å². The number of fused-ring (bicyclic) bond motifs is 1. The zero-order chi connectivity index (χ0) is 18.3. The summed E-state index contributed by atoms with van der Waals surface area (Å²) >= 11 is 0. The molecule has 3 aromatic rings. The van der Waals surface area contributed by atoms with Crippen molar-refractivity contribution in [3.05, 3.63) is 71.1 Å². The summed E-state index contributed by atoms with van der Waals surface area (Å²) in [5.74, 6) is -3.02. The van der Waals surface area contributed by atoms with Crippen molar-refractivity contribution in [1.29, 1.82) is 0 Å². The highest BCUT2D eigenvalue weighted by Crippen LogP contribution is 2.33. The maximum atomic E-state index is 13.7. The lowest BCUT2D eigenvalue weighted by Gasteiger charge is -2.18. The molecule has 1 heterocycles. The molecule has 0 spiro atoms. The number of benzene rings is 2. The quantitative estimate of drug-likeness (QED) is 0.585. The van der Waals surface area contributed by atoms with Gasteiger partial charge in [0.15, 0.2) is 0 Å². The van der Waals surface area contributed by atoms with E-state index in [1.54, 1.807) is 0 Å². The fraction of sp³-hybridized carbons (Fsp3) is 0.200. The van der Waals surface area contributed by atoms with Gasteiger partial charge in [-0.1, -0.05) is 0 Å². The maximum absolute atomic E-state index is 13.7. The second kappa shape index (κ2) is 6.52. The van der Waals surface area contributed by atoms with Crippen molar-refractivity contribution in [3.63, 3.8) is 0 Å². The van der Waals surface area contributed by atoms with Crippen molar-refractivity contribution in [1.82, 2.24) is 9.97 Å². The van der Waals surface area contributed by atoms with Crippen LogP contribution < -0.4 is 0 Å². The summed E-state index contributed by atoms with van der Waals surface area (Å²) in [6, 6.07) is 6.08. The minimum Gasteiger partial charge on any atom is -0.249 e. The van der Waals surface area contributed by atoms with Gasteiger partial charge in [-0.3, -0.25) is 0 Å². The van der Waals surface area contributed by atoms with Gasteiger partial charge >= 0.3 is 0 Å². The molecule has 0 N–H and O–H groups in total. The van der Waals surface area contributed by atoms with E-state index in [9.17, 15) is 17.6 Å². The summed E-state index contributed by atoms with van der Waals surface area (Å²) in [7, 11) is 0. The molecule has 0 saturated carbocycles. The first-order valence-corrected chi connectivity index (χ1v) is 8.32. The molecular weight excluding hydrogens is 344 g/mol. The van der Waals surface area contributed by atoms with E-state index in [0.717, 1.165) is 60.6 Å². The van der Waals surface area contributed by atoms with Crippen LogP contribution in [0, 0.1) is 23.3 Å². The van der Waals surface area contributed by atoms with Crippen LogP contribution in [0.15, 0.2) is 36.4 Å². The SMILES string of the molecule is Fc1cc(F)cc(-c2nc3c(nc2-c2cc(F)cc(F)c2)CCCC3)c1. The molecule has 1 aliphatic carbocycles. The van der Waals surface area contributed by atoms with Gasteiger partial charge < -0.3 is 0 Å². The number of hydrogen-bond donors (Lipinski definition) is 0. The fourth-order valence-electron chi connectivity index (χ4n) is 3.27. The average molecular weight is 358 g/mol. The van der Waals surface area contributed by atoms with Gasteiger partial charge in [-0.05, 0) is 49.9 Å². The molecule has 2 aromatic carbocycles. The van der Waals surface area contributed by atoms with E-state index in [-0.39, 0.29) is 22.5 Å². The third-order valence-corrected chi connectivity index (χ3v) is 4.40. The lowest BCUT2D eigenvalue weighted by Crippen LogP contribution is -2.10. The van der Waals surface area contributed by atoms with Crippen LogP contribution in [0.5, 0.6) is 0 Å². The minimum atomic E-state index is -0.754. The Balaban J connectivity index is 1.99. The van der Waals surface area contributed by atoms with E-state index in [0.29, 0.717) is 12.8 Å². The smallest absolute Gasteiger partial charge is 0.126 e. The Morgan fingerprint density at radius 2 is 0.885 bits per heavy atom. The predicted octanol–water partition coefficient (Wildman–Crippen LogP) is 5.25. The molecule has 0 unspecified atom stereocenters. The van der Waals surface area contributed by atoms with Crippen LogP contribution in [0.25, 0.3) is 22.5 Å². The molecule has 0 fully saturated rings. The molecule has 0 radical (unpaired) electrons. The van der Waals surface area contributed by atoms with Crippen molar-refractivity contribution < 1.29 is 17.6 Å². The van der Waals surface area contributed by atoms with Gasteiger partial charge in [-0.2, -0.15) is 0 Å². The number of hydrogen-bond acceptors (Lipinski definition) is 2. The first kappa shape index (κ1) is 16.7. The van der Waals surface area contributed by atoms with Gasteiger partial charge in [-0.15, -0.1) is 0 Å². The second-order valence-electron chi connectivity index (χ2n) is 6.34. The molecule has 26 heavy (non-hydrogen) atoms. The number of aryl methyl sites for hydroxylation is 2.